The Kier molecular flexibility index (Phi) is 1.13. The molecule has 2 nitrogen and oxygen atoms in total. The van der Waals surface area contributed by atoms with E-state index in [2.05, 4.69) is 12.2 Å². The summed E-state index contributed by atoms with van der Waals surface area (Å²) in [5.41, 5.74) is 0.0165. The monoisotopic (exact) mass is 176 g/mol. The van der Waals surface area contributed by atoms with Gasteiger partial charge in [0.25, 0.3) is 0 Å². The molecule has 3 aliphatic carbocycles. The number of rotatable bonds is 0. The van der Waals surface area contributed by atoms with Gasteiger partial charge in [-0.05, 0) is 24.3 Å². The molecule has 1 saturated carbocycles. The maximum Gasteiger partial charge on any atom is 0.156 e. The number of aliphatic hydroxyl groups excluding tert-OH is 1. The summed E-state index contributed by atoms with van der Waals surface area (Å²) in [6.45, 7) is 0. The molecule has 1 fully saturated rings. The quantitative estimate of drug-likeness (QED) is 0.563. The maximum absolute atomic E-state index is 11.4. The standard InChI is InChI=1S/C11H12O2/c12-8-2-3-9(13)11-5-1-4-10(11,6-8)7-11/h1-3,5,9,13H,4,6-7H2. The van der Waals surface area contributed by atoms with Gasteiger partial charge >= 0.3 is 0 Å². The van der Waals surface area contributed by atoms with E-state index in [-0.39, 0.29) is 16.6 Å². The van der Waals surface area contributed by atoms with Crippen LogP contribution < -0.4 is 0 Å². The van der Waals surface area contributed by atoms with Crippen molar-refractivity contribution in [3.8, 4) is 0 Å². The fourth-order valence-electron chi connectivity index (χ4n) is 3.09. The maximum atomic E-state index is 11.4. The summed E-state index contributed by atoms with van der Waals surface area (Å²) in [7, 11) is 0. The number of carbonyl (C=O) groups is 1. The molecular weight excluding hydrogens is 164 g/mol. The van der Waals surface area contributed by atoms with E-state index in [1.807, 2.05) is 0 Å². The van der Waals surface area contributed by atoms with Crippen LogP contribution in [0.25, 0.3) is 0 Å². The van der Waals surface area contributed by atoms with Crippen molar-refractivity contribution in [3.63, 3.8) is 0 Å². The summed E-state index contributed by atoms with van der Waals surface area (Å²) in [5, 5.41) is 9.88. The Morgan fingerprint density at radius 3 is 3.23 bits per heavy atom. The van der Waals surface area contributed by atoms with Crippen LogP contribution >= 0.6 is 0 Å². The Balaban J connectivity index is 2.07. The molecule has 0 aromatic heterocycles. The minimum atomic E-state index is -0.447. The SMILES string of the molecule is O=C1C=CC(O)C23C=CCC2(C1)C3. The van der Waals surface area contributed by atoms with E-state index in [1.165, 1.54) is 0 Å². The molecule has 2 heteroatoms. The summed E-state index contributed by atoms with van der Waals surface area (Å²) in [6, 6.07) is 0. The van der Waals surface area contributed by atoms with Crippen LogP contribution in [0.5, 0.6) is 0 Å². The molecule has 3 rings (SSSR count). The molecule has 1 N–H and O–H groups in total. The van der Waals surface area contributed by atoms with Gasteiger partial charge in [-0.25, -0.2) is 0 Å². The molecule has 0 bridgehead atoms. The van der Waals surface area contributed by atoms with Gasteiger partial charge in [0.2, 0.25) is 0 Å². The van der Waals surface area contributed by atoms with E-state index in [1.54, 1.807) is 12.2 Å². The highest BCUT2D eigenvalue weighted by Gasteiger charge is 2.70. The van der Waals surface area contributed by atoms with Crippen molar-refractivity contribution in [1.29, 1.82) is 0 Å². The zero-order valence-electron chi connectivity index (χ0n) is 7.36. The van der Waals surface area contributed by atoms with Crippen molar-refractivity contribution in [1.82, 2.24) is 0 Å². The first-order chi connectivity index (χ1) is 6.19. The predicted molar refractivity (Wildman–Crippen MR) is 48.0 cm³/mol. The minimum Gasteiger partial charge on any atom is -0.388 e. The van der Waals surface area contributed by atoms with Gasteiger partial charge in [0, 0.05) is 11.8 Å². The molecule has 13 heavy (non-hydrogen) atoms. The predicted octanol–water partition coefficient (Wildman–Crippen LogP) is 1.21. The topological polar surface area (TPSA) is 37.3 Å². The average Bonchev–Trinajstić information content (AvgIpc) is 2.61. The van der Waals surface area contributed by atoms with Crippen LogP contribution in [-0.4, -0.2) is 17.0 Å². The second-order valence-electron chi connectivity index (χ2n) is 4.55. The third kappa shape index (κ3) is 0.707. The number of aliphatic hydroxyl groups is 1. The number of hydrogen-bond donors (Lipinski definition) is 1. The largest absolute Gasteiger partial charge is 0.388 e. The van der Waals surface area contributed by atoms with Gasteiger partial charge in [-0.3, -0.25) is 4.79 Å². The number of ketones is 1. The van der Waals surface area contributed by atoms with Crippen LogP contribution in [0.1, 0.15) is 19.3 Å². The first-order valence-electron chi connectivity index (χ1n) is 4.75. The van der Waals surface area contributed by atoms with E-state index < -0.39 is 6.10 Å². The Morgan fingerprint density at radius 1 is 1.54 bits per heavy atom. The molecule has 0 radical (unpaired) electrons. The van der Waals surface area contributed by atoms with E-state index in [9.17, 15) is 9.90 Å². The Bertz CT molecular complexity index is 342. The second-order valence-corrected chi connectivity index (χ2v) is 4.55. The molecule has 3 atom stereocenters. The Labute approximate surface area is 76.9 Å². The average molecular weight is 176 g/mol. The highest BCUT2D eigenvalue weighted by atomic mass is 16.3. The summed E-state index contributed by atoms with van der Waals surface area (Å²) < 4.78 is 0. The summed E-state index contributed by atoms with van der Waals surface area (Å²) in [6.07, 6.45) is 9.56. The fraction of sp³-hybridized carbons (Fsp3) is 0.545. The highest BCUT2D eigenvalue weighted by molar-refractivity contribution is 5.91. The van der Waals surface area contributed by atoms with Crippen LogP contribution in [0.4, 0.5) is 0 Å². The zero-order chi connectivity index (χ0) is 9.10. The van der Waals surface area contributed by atoms with Gasteiger partial charge in [0.15, 0.2) is 5.78 Å². The van der Waals surface area contributed by atoms with E-state index in [0.717, 1.165) is 12.8 Å². The first kappa shape index (κ1) is 7.51. The fourth-order valence-corrected chi connectivity index (χ4v) is 3.09. The Hall–Kier alpha value is -0.890. The van der Waals surface area contributed by atoms with Crippen molar-refractivity contribution in [2.24, 2.45) is 10.8 Å². The normalized spacial score (nSPS) is 51.5. The van der Waals surface area contributed by atoms with Gasteiger partial charge in [-0.2, -0.15) is 0 Å². The molecule has 0 aromatic rings. The second kappa shape index (κ2) is 1.95. The lowest BCUT2D eigenvalue weighted by Crippen LogP contribution is -2.21. The van der Waals surface area contributed by atoms with Gasteiger partial charge in [-0.1, -0.05) is 18.2 Å². The van der Waals surface area contributed by atoms with E-state index in [4.69, 9.17) is 0 Å². The lowest BCUT2D eigenvalue weighted by molar-refractivity contribution is -0.115. The first-order valence-corrected chi connectivity index (χ1v) is 4.75. The summed E-state index contributed by atoms with van der Waals surface area (Å²) >= 11 is 0. The molecule has 0 heterocycles. The minimum absolute atomic E-state index is 0.0737. The summed E-state index contributed by atoms with van der Waals surface area (Å²) in [4.78, 5) is 11.4. The van der Waals surface area contributed by atoms with Crippen molar-refractivity contribution >= 4 is 5.78 Å². The molecule has 0 aliphatic heterocycles. The van der Waals surface area contributed by atoms with E-state index >= 15 is 0 Å². The summed E-state index contributed by atoms with van der Waals surface area (Å²) in [5.74, 6) is 0.169. The number of hydrogen-bond acceptors (Lipinski definition) is 2. The van der Waals surface area contributed by atoms with E-state index in [0.29, 0.717) is 6.42 Å². The zero-order valence-corrected chi connectivity index (χ0v) is 7.36. The molecule has 3 aliphatic rings. The van der Waals surface area contributed by atoms with Crippen LogP contribution in [-0.2, 0) is 4.79 Å². The Morgan fingerprint density at radius 2 is 2.38 bits per heavy atom. The molecule has 0 spiro atoms. The molecular formula is C11H12O2. The number of carbonyl (C=O) groups excluding carboxylic acids is 1. The molecule has 0 amide bonds. The molecule has 68 valence electrons. The van der Waals surface area contributed by atoms with Crippen LogP contribution in [0.15, 0.2) is 24.3 Å². The molecule has 0 aromatic carbocycles. The third-order valence-corrected chi connectivity index (χ3v) is 3.92. The lowest BCUT2D eigenvalue weighted by Gasteiger charge is -2.17. The number of allylic oxidation sites excluding steroid dienone is 2. The molecule has 3 unspecified atom stereocenters. The van der Waals surface area contributed by atoms with Gasteiger partial charge in [-0.15, -0.1) is 0 Å². The van der Waals surface area contributed by atoms with Crippen molar-refractivity contribution in [3.05, 3.63) is 24.3 Å². The van der Waals surface area contributed by atoms with Crippen molar-refractivity contribution in [2.75, 3.05) is 0 Å². The van der Waals surface area contributed by atoms with Crippen molar-refractivity contribution < 1.29 is 9.90 Å². The van der Waals surface area contributed by atoms with Gasteiger partial charge in [0.1, 0.15) is 0 Å². The van der Waals surface area contributed by atoms with Crippen LogP contribution in [0.3, 0.4) is 0 Å². The van der Waals surface area contributed by atoms with Crippen molar-refractivity contribution in [2.45, 2.75) is 25.4 Å². The van der Waals surface area contributed by atoms with Gasteiger partial charge in [0.05, 0.1) is 6.10 Å². The highest BCUT2D eigenvalue weighted by Crippen LogP contribution is 2.74. The lowest BCUT2D eigenvalue weighted by atomic mass is 9.89. The molecule has 0 saturated heterocycles. The van der Waals surface area contributed by atoms with Crippen LogP contribution in [0.2, 0.25) is 0 Å². The third-order valence-electron chi connectivity index (χ3n) is 3.92. The smallest absolute Gasteiger partial charge is 0.156 e. The van der Waals surface area contributed by atoms with Crippen LogP contribution in [0, 0.1) is 10.8 Å². The van der Waals surface area contributed by atoms with Gasteiger partial charge < -0.3 is 5.11 Å².